The van der Waals surface area contributed by atoms with Crippen LogP contribution in [-0.4, -0.2) is 41.4 Å². The van der Waals surface area contributed by atoms with Crippen LogP contribution in [0, 0.1) is 13.8 Å². The number of nitrogens with one attached hydrogen (secondary N) is 2. The number of fused-ring (bicyclic) bond motifs is 1. The molecule has 0 saturated heterocycles. The number of carbonyl (C=O) groups excluding carboxylic acids is 2. The number of aromatic nitrogens is 2. The van der Waals surface area contributed by atoms with Crippen LogP contribution in [0.3, 0.4) is 0 Å². The summed E-state index contributed by atoms with van der Waals surface area (Å²) in [4.78, 5) is 26.3. The number of hydrogen-bond acceptors (Lipinski definition) is 5. The average Bonchev–Trinajstić information content (AvgIpc) is 3.08. The molecule has 1 aliphatic rings. The first-order valence-corrected chi connectivity index (χ1v) is 10.9. The van der Waals surface area contributed by atoms with Crippen LogP contribution in [0.1, 0.15) is 45.6 Å². The van der Waals surface area contributed by atoms with Gasteiger partial charge in [0.1, 0.15) is 11.9 Å². The molecule has 4 rings (SSSR count). The highest BCUT2D eigenvalue weighted by molar-refractivity contribution is 6.03. The molecule has 3 aromatic rings. The third-order valence-corrected chi connectivity index (χ3v) is 5.88. The Kier molecular flexibility index (Phi) is 6.09. The van der Waals surface area contributed by atoms with Gasteiger partial charge < -0.3 is 20.1 Å². The van der Waals surface area contributed by atoms with Crippen LogP contribution in [0.2, 0.25) is 0 Å². The smallest absolute Gasteiger partial charge is 0.251 e. The fraction of sp³-hybridized carbons (Fsp3) is 0.320. The standard InChI is InChI=1S/C25H28N4O4/c1-6-33-18-12-11-17(13-19(18)32-5)21-20-15(3)28-29(4)23(20)27-25(31)22(21)26-24(30)16-9-7-14(2)8-10-16/h7-13,21-22H,6H2,1-5H3,(H,26,30)(H,27,31)/t21-,22-/m0/s1. The summed E-state index contributed by atoms with van der Waals surface area (Å²) < 4.78 is 12.9. The Morgan fingerprint density at radius 3 is 2.55 bits per heavy atom. The van der Waals surface area contributed by atoms with Crippen LogP contribution < -0.4 is 20.1 Å². The highest BCUT2D eigenvalue weighted by Crippen LogP contribution is 2.41. The molecule has 2 heterocycles. The van der Waals surface area contributed by atoms with E-state index in [4.69, 9.17) is 9.47 Å². The molecule has 2 N–H and O–H groups in total. The number of aryl methyl sites for hydroxylation is 3. The summed E-state index contributed by atoms with van der Waals surface area (Å²) in [5.74, 6) is 0.726. The lowest BCUT2D eigenvalue weighted by atomic mass is 9.81. The minimum atomic E-state index is -0.836. The third kappa shape index (κ3) is 4.16. The zero-order valence-corrected chi connectivity index (χ0v) is 19.4. The zero-order chi connectivity index (χ0) is 23.7. The van der Waals surface area contributed by atoms with Crippen LogP contribution in [-0.2, 0) is 11.8 Å². The molecular weight excluding hydrogens is 420 g/mol. The van der Waals surface area contributed by atoms with Crippen LogP contribution in [0.5, 0.6) is 11.5 Å². The van der Waals surface area contributed by atoms with Gasteiger partial charge in [0.2, 0.25) is 5.91 Å². The second kappa shape index (κ2) is 8.97. The van der Waals surface area contributed by atoms with Crippen molar-refractivity contribution in [1.82, 2.24) is 15.1 Å². The maximum atomic E-state index is 13.2. The van der Waals surface area contributed by atoms with E-state index >= 15 is 0 Å². The lowest BCUT2D eigenvalue weighted by molar-refractivity contribution is -0.118. The summed E-state index contributed by atoms with van der Waals surface area (Å²) in [7, 11) is 3.36. The van der Waals surface area contributed by atoms with Crippen molar-refractivity contribution in [2.75, 3.05) is 19.0 Å². The fourth-order valence-electron chi connectivity index (χ4n) is 4.30. The molecule has 0 unspecified atom stereocenters. The molecule has 2 aromatic carbocycles. The second-order valence-electron chi connectivity index (χ2n) is 8.10. The van der Waals surface area contributed by atoms with Gasteiger partial charge in [0, 0.05) is 24.1 Å². The Bertz CT molecular complexity index is 1200. The topological polar surface area (TPSA) is 94.5 Å². The average molecular weight is 449 g/mol. The van der Waals surface area contributed by atoms with Gasteiger partial charge in [-0.15, -0.1) is 0 Å². The molecular formula is C25H28N4O4. The van der Waals surface area contributed by atoms with Crippen molar-refractivity contribution in [2.45, 2.75) is 32.7 Å². The first-order valence-electron chi connectivity index (χ1n) is 10.9. The first-order chi connectivity index (χ1) is 15.8. The van der Waals surface area contributed by atoms with Crippen LogP contribution in [0.4, 0.5) is 5.82 Å². The van der Waals surface area contributed by atoms with Gasteiger partial charge in [-0.2, -0.15) is 5.10 Å². The largest absolute Gasteiger partial charge is 0.493 e. The van der Waals surface area contributed by atoms with Gasteiger partial charge in [0.15, 0.2) is 11.5 Å². The van der Waals surface area contributed by atoms with E-state index in [1.54, 1.807) is 31.0 Å². The molecule has 0 saturated carbocycles. The van der Waals surface area contributed by atoms with E-state index in [1.165, 1.54) is 0 Å². The van der Waals surface area contributed by atoms with Gasteiger partial charge in [0.25, 0.3) is 5.91 Å². The van der Waals surface area contributed by atoms with Crippen molar-refractivity contribution in [3.63, 3.8) is 0 Å². The molecule has 0 fully saturated rings. The monoisotopic (exact) mass is 448 g/mol. The molecule has 2 amide bonds. The fourth-order valence-corrected chi connectivity index (χ4v) is 4.30. The van der Waals surface area contributed by atoms with Crippen molar-refractivity contribution in [2.24, 2.45) is 7.05 Å². The molecule has 8 heteroatoms. The number of nitrogens with zero attached hydrogens (tertiary/aromatic N) is 2. The Hall–Kier alpha value is -3.81. The number of amides is 2. The summed E-state index contributed by atoms with van der Waals surface area (Å²) in [6.45, 7) is 6.26. The van der Waals surface area contributed by atoms with E-state index < -0.39 is 12.0 Å². The van der Waals surface area contributed by atoms with Gasteiger partial charge in [-0.3, -0.25) is 14.3 Å². The lowest BCUT2D eigenvalue weighted by Crippen LogP contribution is -2.50. The maximum absolute atomic E-state index is 13.2. The summed E-state index contributed by atoms with van der Waals surface area (Å²) in [5.41, 5.74) is 4.00. The van der Waals surface area contributed by atoms with E-state index in [9.17, 15) is 9.59 Å². The van der Waals surface area contributed by atoms with Crippen molar-refractivity contribution >= 4 is 17.6 Å². The summed E-state index contributed by atoms with van der Waals surface area (Å²) in [6, 6.07) is 12.0. The van der Waals surface area contributed by atoms with Gasteiger partial charge >= 0.3 is 0 Å². The number of benzene rings is 2. The van der Waals surface area contributed by atoms with Crippen LogP contribution in [0.15, 0.2) is 42.5 Å². The van der Waals surface area contributed by atoms with E-state index in [2.05, 4.69) is 15.7 Å². The van der Waals surface area contributed by atoms with Crippen molar-refractivity contribution < 1.29 is 19.1 Å². The number of ether oxygens (including phenoxy) is 2. The lowest BCUT2D eigenvalue weighted by Gasteiger charge is -2.33. The van der Waals surface area contributed by atoms with Crippen molar-refractivity contribution in [1.29, 1.82) is 0 Å². The molecule has 2 atom stereocenters. The normalized spacial score (nSPS) is 17.2. The quantitative estimate of drug-likeness (QED) is 0.603. The summed E-state index contributed by atoms with van der Waals surface area (Å²) in [5, 5.41) is 10.4. The SMILES string of the molecule is CCOc1ccc([C@H]2c3c(C)nn(C)c3NC(=O)[C@H]2NC(=O)c2ccc(C)cc2)cc1OC. The van der Waals surface area contributed by atoms with E-state index in [1.807, 2.05) is 51.1 Å². The highest BCUT2D eigenvalue weighted by atomic mass is 16.5. The Morgan fingerprint density at radius 1 is 1.15 bits per heavy atom. The predicted octanol–water partition coefficient (Wildman–Crippen LogP) is 3.33. The highest BCUT2D eigenvalue weighted by Gasteiger charge is 2.41. The Morgan fingerprint density at radius 2 is 1.88 bits per heavy atom. The minimum absolute atomic E-state index is 0.302. The molecule has 1 aliphatic heterocycles. The van der Waals surface area contributed by atoms with E-state index in [-0.39, 0.29) is 11.8 Å². The zero-order valence-electron chi connectivity index (χ0n) is 19.4. The van der Waals surface area contributed by atoms with E-state index in [0.717, 1.165) is 22.4 Å². The molecule has 0 aliphatic carbocycles. The molecule has 0 bridgehead atoms. The number of carbonyl (C=O) groups is 2. The van der Waals surface area contributed by atoms with E-state index in [0.29, 0.717) is 29.5 Å². The number of hydrogen-bond donors (Lipinski definition) is 2. The Balaban J connectivity index is 1.79. The Labute approximate surface area is 192 Å². The van der Waals surface area contributed by atoms with Crippen LogP contribution in [0.25, 0.3) is 0 Å². The summed E-state index contributed by atoms with van der Waals surface area (Å²) in [6.07, 6.45) is 0. The van der Waals surface area contributed by atoms with Gasteiger partial charge in [-0.25, -0.2) is 0 Å². The second-order valence-corrected chi connectivity index (χ2v) is 8.10. The number of rotatable bonds is 6. The summed E-state index contributed by atoms with van der Waals surface area (Å²) >= 11 is 0. The molecule has 33 heavy (non-hydrogen) atoms. The molecule has 8 nitrogen and oxygen atoms in total. The first kappa shape index (κ1) is 22.4. The maximum Gasteiger partial charge on any atom is 0.251 e. The van der Waals surface area contributed by atoms with Gasteiger partial charge in [0.05, 0.1) is 19.4 Å². The molecule has 1 aromatic heterocycles. The number of methoxy groups -OCH3 is 1. The molecule has 0 spiro atoms. The van der Waals surface area contributed by atoms with Crippen molar-refractivity contribution in [3.05, 3.63) is 70.4 Å². The third-order valence-electron chi connectivity index (χ3n) is 5.88. The van der Waals surface area contributed by atoms with Crippen molar-refractivity contribution in [3.8, 4) is 11.5 Å². The predicted molar refractivity (Wildman–Crippen MR) is 125 cm³/mol. The number of anilines is 1. The molecule has 172 valence electrons. The minimum Gasteiger partial charge on any atom is -0.493 e. The van der Waals surface area contributed by atoms with Crippen LogP contribution >= 0.6 is 0 Å². The molecule has 0 radical (unpaired) electrons. The van der Waals surface area contributed by atoms with Gasteiger partial charge in [-0.1, -0.05) is 23.8 Å². The van der Waals surface area contributed by atoms with Gasteiger partial charge in [-0.05, 0) is 50.6 Å².